The second-order valence-corrected chi connectivity index (χ2v) is 3.88. The molecule has 1 amide bonds. The summed E-state index contributed by atoms with van der Waals surface area (Å²) in [7, 11) is -5.03. The zero-order chi connectivity index (χ0) is 12.3. The average molecular weight is 247 g/mol. The molecule has 0 aliphatic carbocycles. The van der Waals surface area contributed by atoms with Crippen molar-refractivity contribution >= 4 is 16.0 Å². The first-order valence-corrected chi connectivity index (χ1v) is 4.91. The lowest BCUT2D eigenvalue weighted by Crippen LogP contribution is -2.35. The number of halogens is 3. The van der Waals surface area contributed by atoms with Crippen LogP contribution in [0.15, 0.2) is 12.7 Å². The normalized spacial score (nSPS) is 12.3. The molecule has 5 nitrogen and oxygen atoms in total. The van der Waals surface area contributed by atoms with Crippen molar-refractivity contribution in [2.45, 2.75) is 11.9 Å². The summed E-state index contributed by atoms with van der Waals surface area (Å²) >= 11 is 0. The Morgan fingerprint density at radius 2 is 2.00 bits per heavy atom. The molecule has 0 aromatic rings. The van der Waals surface area contributed by atoms with E-state index in [1.807, 2.05) is 0 Å². The van der Waals surface area contributed by atoms with Crippen LogP contribution >= 0.6 is 0 Å². The Kier molecular flexibility index (Phi) is 4.28. The van der Waals surface area contributed by atoms with Crippen molar-refractivity contribution in [3.05, 3.63) is 12.7 Å². The van der Waals surface area contributed by atoms with E-state index in [4.69, 9.17) is 0 Å². The molecule has 0 rings (SSSR count). The molecule has 0 N–H and O–H groups in total. The van der Waals surface area contributed by atoms with Crippen molar-refractivity contribution in [3.63, 3.8) is 0 Å². The zero-order valence-corrected chi connectivity index (χ0v) is 8.43. The van der Waals surface area contributed by atoms with Crippen molar-refractivity contribution in [2.24, 2.45) is 0 Å². The third-order valence-corrected chi connectivity index (χ3v) is 2.15. The van der Waals surface area contributed by atoms with E-state index in [1.165, 1.54) is 0 Å². The molecule has 0 bridgehead atoms. The van der Waals surface area contributed by atoms with E-state index in [0.29, 0.717) is 0 Å². The number of nitrogens with zero attached hydrogens (tertiary/aromatic N) is 1. The number of rotatable bonds is 4. The van der Waals surface area contributed by atoms with Crippen LogP contribution < -0.4 is 0 Å². The SMILES string of the molecule is C=CCC(=O)N(C)OS(=O)(=O)C(F)(F)F. The smallest absolute Gasteiger partial charge is 0.272 e. The van der Waals surface area contributed by atoms with Crippen molar-refractivity contribution in [1.82, 2.24) is 5.06 Å². The van der Waals surface area contributed by atoms with Crippen molar-refractivity contribution in [1.29, 1.82) is 0 Å². The van der Waals surface area contributed by atoms with Gasteiger partial charge in [0.05, 0.1) is 0 Å². The molecule has 0 aliphatic heterocycles. The third-order valence-electron chi connectivity index (χ3n) is 1.16. The molecule has 0 saturated heterocycles. The number of amides is 1. The van der Waals surface area contributed by atoms with Crippen LogP contribution in [-0.4, -0.2) is 31.9 Å². The van der Waals surface area contributed by atoms with Gasteiger partial charge in [0, 0.05) is 13.5 Å². The largest absolute Gasteiger partial charge is 0.525 e. The van der Waals surface area contributed by atoms with Crippen molar-refractivity contribution in [3.8, 4) is 0 Å². The highest BCUT2D eigenvalue weighted by Gasteiger charge is 2.49. The highest BCUT2D eigenvalue weighted by atomic mass is 32.2. The van der Waals surface area contributed by atoms with Crippen molar-refractivity contribution in [2.75, 3.05) is 7.05 Å². The molecule has 0 fully saturated rings. The number of carbonyl (C=O) groups excluding carboxylic acids is 1. The zero-order valence-electron chi connectivity index (χ0n) is 7.61. The molecule has 0 heterocycles. The number of alkyl halides is 3. The van der Waals surface area contributed by atoms with Crippen LogP contribution in [0.4, 0.5) is 13.2 Å². The number of hydrogen-bond acceptors (Lipinski definition) is 4. The van der Waals surface area contributed by atoms with Gasteiger partial charge >= 0.3 is 15.6 Å². The van der Waals surface area contributed by atoms with E-state index < -0.39 is 21.5 Å². The Labute approximate surface area is 84.2 Å². The minimum absolute atomic E-state index is 0.00942. The Balaban J connectivity index is 4.62. The van der Waals surface area contributed by atoms with E-state index >= 15 is 0 Å². The molecule has 88 valence electrons. The first-order chi connectivity index (χ1) is 6.62. The molecular weight excluding hydrogens is 239 g/mol. The topological polar surface area (TPSA) is 63.7 Å². The molecule has 15 heavy (non-hydrogen) atoms. The summed E-state index contributed by atoms with van der Waals surface area (Å²) < 4.78 is 59.6. The maximum atomic E-state index is 11.8. The average Bonchev–Trinajstić information content (AvgIpc) is 2.01. The lowest BCUT2D eigenvalue weighted by molar-refractivity contribution is -0.154. The van der Waals surface area contributed by atoms with Gasteiger partial charge in [0.1, 0.15) is 0 Å². The Hall–Kier alpha value is -1.09. The molecule has 0 atom stereocenters. The fourth-order valence-corrected chi connectivity index (χ4v) is 0.945. The van der Waals surface area contributed by atoms with Crippen LogP contribution in [0.5, 0.6) is 0 Å². The van der Waals surface area contributed by atoms with Gasteiger partial charge in [-0.05, 0) is 0 Å². The Morgan fingerprint density at radius 1 is 1.53 bits per heavy atom. The third kappa shape index (κ3) is 3.88. The van der Waals surface area contributed by atoms with Gasteiger partial charge in [0.25, 0.3) is 5.91 Å². The molecule has 0 spiro atoms. The first kappa shape index (κ1) is 13.9. The Bertz CT molecular complexity index is 348. The highest BCUT2D eigenvalue weighted by Crippen LogP contribution is 2.25. The van der Waals surface area contributed by atoms with Crippen LogP contribution in [0.1, 0.15) is 6.42 Å². The summed E-state index contributed by atoms with van der Waals surface area (Å²) in [6, 6.07) is 0. The van der Waals surface area contributed by atoms with E-state index in [2.05, 4.69) is 10.9 Å². The fourth-order valence-electron chi connectivity index (χ4n) is 0.483. The summed E-state index contributed by atoms with van der Waals surface area (Å²) in [5, 5.41) is -0.00942. The van der Waals surface area contributed by atoms with Gasteiger partial charge in [-0.2, -0.15) is 21.6 Å². The van der Waals surface area contributed by atoms with Gasteiger partial charge in [0.15, 0.2) is 0 Å². The summed E-state index contributed by atoms with van der Waals surface area (Å²) in [5.74, 6) is -0.960. The number of hydroxylamine groups is 2. The summed E-state index contributed by atoms with van der Waals surface area (Å²) in [5.41, 5.74) is -5.56. The molecule has 0 aromatic heterocycles. The lowest BCUT2D eigenvalue weighted by Gasteiger charge is -2.16. The predicted octanol–water partition coefficient (Wildman–Crippen LogP) is 0.802. The maximum Gasteiger partial charge on any atom is 0.525 e. The van der Waals surface area contributed by atoms with Gasteiger partial charge < -0.3 is 0 Å². The van der Waals surface area contributed by atoms with Crippen LogP contribution in [0.25, 0.3) is 0 Å². The van der Waals surface area contributed by atoms with Crippen LogP contribution in [0.3, 0.4) is 0 Å². The quantitative estimate of drug-likeness (QED) is 0.419. The van der Waals surface area contributed by atoms with E-state index in [0.717, 1.165) is 13.1 Å². The first-order valence-electron chi connectivity index (χ1n) is 3.50. The molecule has 0 aliphatic rings. The summed E-state index contributed by atoms with van der Waals surface area (Å²) in [6.07, 6.45) is 0.770. The highest BCUT2D eigenvalue weighted by molar-refractivity contribution is 7.87. The van der Waals surface area contributed by atoms with Crippen LogP contribution in [0, 0.1) is 0 Å². The minimum Gasteiger partial charge on any atom is -0.272 e. The van der Waals surface area contributed by atoms with E-state index in [-0.39, 0.29) is 11.5 Å². The van der Waals surface area contributed by atoms with Crippen LogP contribution in [0.2, 0.25) is 0 Å². The monoisotopic (exact) mass is 247 g/mol. The van der Waals surface area contributed by atoms with Crippen molar-refractivity contribution < 1.29 is 30.7 Å². The minimum atomic E-state index is -5.79. The number of hydrogen-bond donors (Lipinski definition) is 0. The second-order valence-electron chi connectivity index (χ2n) is 2.36. The van der Waals surface area contributed by atoms with Gasteiger partial charge in [-0.15, -0.1) is 10.9 Å². The number of carbonyl (C=O) groups is 1. The van der Waals surface area contributed by atoms with E-state index in [1.54, 1.807) is 0 Å². The fraction of sp³-hybridized carbons (Fsp3) is 0.500. The maximum absolute atomic E-state index is 11.8. The van der Waals surface area contributed by atoms with Gasteiger partial charge in [0.2, 0.25) is 0 Å². The van der Waals surface area contributed by atoms with E-state index in [9.17, 15) is 26.4 Å². The molecule has 0 saturated carbocycles. The van der Waals surface area contributed by atoms with Gasteiger partial charge in [-0.3, -0.25) is 4.79 Å². The summed E-state index contributed by atoms with van der Waals surface area (Å²) in [4.78, 5) is 10.8. The van der Waals surface area contributed by atoms with Crippen LogP contribution in [-0.2, 0) is 19.2 Å². The Morgan fingerprint density at radius 3 is 2.33 bits per heavy atom. The standard InChI is InChI=1S/C6H8F3NO4S/c1-3-4-5(11)10(2)14-15(12,13)6(7,8)9/h3H,1,4H2,2H3. The summed E-state index contributed by atoms with van der Waals surface area (Å²) in [6.45, 7) is 3.15. The van der Waals surface area contributed by atoms with Gasteiger partial charge in [-0.1, -0.05) is 6.08 Å². The second kappa shape index (κ2) is 4.62. The lowest BCUT2D eigenvalue weighted by atomic mass is 10.4. The predicted molar refractivity (Wildman–Crippen MR) is 43.6 cm³/mol. The van der Waals surface area contributed by atoms with Gasteiger partial charge in [-0.25, -0.2) is 5.06 Å². The molecule has 0 radical (unpaired) electrons. The molecule has 0 unspecified atom stereocenters. The molecule has 0 aromatic carbocycles. The molecule has 9 heteroatoms. The molecular formula is C6H8F3NO4S.